The second-order valence-electron chi connectivity index (χ2n) is 6.31. The minimum Gasteiger partial charge on any atom is -0.306 e. The molecule has 0 saturated heterocycles. The topological polar surface area (TPSA) is 61.9 Å². The maximum atomic E-state index is 12.4. The Morgan fingerprint density at radius 2 is 1.85 bits per heavy atom. The molecule has 1 aliphatic rings. The summed E-state index contributed by atoms with van der Waals surface area (Å²) >= 11 is 12.2. The van der Waals surface area contributed by atoms with Gasteiger partial charge in [0.2, 0.25) is 0 Å². The lowest BCUT2D eigenvalue weighted by Gasteiger charge is -2.27. The zero-order valence-electron chi connectivity index (χ0n) is 13.9. The lowest BCUT2D eigenvalue weighted by atomic mass is 10.1. The molecule has 0 aliphatic carbocycles. The number of benzene rings is 1. The highest BCUT2D eigenvalue weighted by atomic mass is 35.5. The molecule has 0 radical (unpaired) electrons. The fourth-order valence-electron chi connectivity index (χ4n) is 3.24. The highest BCUT2D eigenvalue weighted by Gasteiger charge is 2.21. The molecular weight excluding hydrogens is 371 g/mol. The van der Waals surface area contributed by atoms with Crippen molar-refractivity contribution >= 4 is 23.2 Å². The summed E-state index contributed by atoms with van der Waals surface area (Å²) in [7, 11) is 0. The molecule has 0 atom stereocenters. The van der Waals surface area contributed by atoms with E-state index >= 15 is 0 Å². The summed E-state index contributed by atoms with van der Waals surface area (Å²) in [5.74, 6) is 0.573. The summed E-state index contributed by atoms with van der Waals surface area (Å²) in [5, 5.41) is 1.25. The molecule has 1 aliphatic heterocycles. The third-order valence-electron chi connectivity index (χ3n) is 4.43. The van der Waals surface area contributed by atoms with E-state index in [0.717, 1.165) is 28.9 Å². The Kier molecular flexibility index (Phi) is 4.76. The van der Waals surface area contributed by atoms with Crippen LogP contribution in [-0.2, 0) is 19.5 Å². The number of hydrogen-bond acceptors (Lipinski definition) is 4. The summed E-state index contributed by atoms with van der Waals surface area (Å²) in [6.45, 7) is 2.11. The van der Waals surface area contributed by atoms with Crippen LogP contribution in [0.3, 0.4) is 0 Å². The summed E-state index contributed by atoms with van der Waals surface area (Å²) in [6.07, 6.45) is 4.04. The molecule has 7 heteroatoms. The van der Waals surface area contributed by atoms with Crippen LogP contribution in [0.4, 0.5) is 0 Å². The first kappa shape index (κ1) is 17.2. The van der Waals surface area contributed by atoms with Crippen molar-refractivity contribution in [2.45, 2.75) is 19.5 Å². The molecule has 1 N–H and O–H groups in total. The Bertz CT molecular complexity index is 984. The van der Waals surface area contributed by atoms with Gasteiger partial charge in [0.05, 0.1) is 5.69 Å². The van der Waals surface area contributed by atoms with Crippen LogP contribution >= 0.6 is 23.2 Å². The SMILES string of the molecule is O=c1[nH]c(-c2ccncc2)nc2c1CCN(Cc1cc(Cl)cc(Cl)c1)C2. The Morgan fingerprint density at radius 1 is 1.12 bits per heavy atom. The van der Waals surface area contributed by atoms with Crippen LogP contribution in [0, 0.1) is 0 Å². The van der Waals surface area contributed by atoms with Gasteiger partial charge in [-0.15, -0.1) is 0 Å². The molecule has 5 nitrogen and oxygen atoms in total. The molecule has 0 saturated carbocycles. The molecule has 0 unspecified atom stereocenters. The smallest absolute Gasteiger partial charge is 0.254 e. The Balaban J connectivity index is 1.61. The van der Waals surface area contributed by atoms with E-state index in [0.29, 0.717) is 35.4 Å². The van der Waals surface area contributed by atoms with Gasteiger partial charge in [-0.25, -0.2) is 4.98 Å². The van der Waals surface area contributed by atoms with Crippen molar-refractivity contribution in [2.24, 2.45) is 0 Å². The van der Waals surface area contributed by atoms with Crippen molar-refractivity contribution in [3.8, 4) is 11.4 Å². The highest BCUT2D eigenvalue weighted by Crippen LogP contribution is 2.23. The van der Waals surface area contributed by atoms with E-state index < -0.39 is 0 Å². The first-order valence-electron chi connectivity index (χ1n) is 8.28. The molecule has 0 fully saturated rings. The predicted octanol–water partition coefficient (Wildman–Crippen LogP) is 3.70. The van der Waals surface area contributed by atoms with Crippen molar-refractivity contribution in [3.05, 3.63) is 79.9 Å². The fraction of sp³-hybridized carbons (Fsp3) is 0.211. The number of aromatic nitrogens is 3. The van der Waals surface area contributed by atoms with Crippen molar-refractivity contribution in [1.82, 2.24) is 19.9 Å². The van der Waals surface area contributed by atoms with Crippen molar-refractivity contribution in [3.63, 3.8) is 0 Å². The Hall–Kier alpha value is -2.21. The molecular formula is C19H16Cl2N4O. The van der Waals surface area contributed by atoms with Crippen LogP contribution in [0.5, 0.6) is 0 Å². The van der Waals surface area contributed by atoms with Crippen LogP contribution in [-0.4, -0.2) is 26.4 Å². The predicted molar refractivity (Wildman–Crippen MR) is 102 cm³/mol. The molecule has 4 rings (SSSR count). The van der Waals surface area contributed by atoms with Crippen LogP contribution in [0.1, 0.15) is 16.8 Å². The fourth-order valence-corrected chi connectivity index (χ4v) is 3.81. The van der Waals surface area contributed by atoms with Gasteiger partial charge in [-0.3, -0.25) is 14.7 Å². The van der Waals surface area contributed by atoms with Gasteiger partial charge in [-0.2, -0.15) is 0 Å². The molecule has 2 aromatic heterocycles. The molecule has 3 heterocycles. The number of H-pyrrole nitrogens is 1. The number of nitrogens with one attached hydrogen (secondary N) is 1. The van der Waals surface area contributed by atoms with Gasteiger partial charge in [0.15, 0.2) is 0 Å². The van der Waals surface area contributed by atoms with Crippen LogP contribution < -0.4 is 5.56 Å². The molecule has 3 aromatic rings. The average molecular weight is 387 g/mol. The largest absolute Gasteiger partial charge is 0.306 e. The average Bonchev–Trinajstić information content (AvgIpc) is 2.61. The maximum absolute atomic E-state index is 12.4. The zero-order chi connectivity index (χ0) is 18.1. The lowest BCUT2D eigenvalue weighted by molar-refractivity contribution is 0.240. The lowest BCUT2D eigenvalue weighted by Crippen LogP contribution is -2.35. The van der Waals surface area contributed by atoms with Crippen LogP contribution in [0.2, 0.25) is 10.0 Å². The summed E-state index contributed by atoms with van der Waals surface area (Å²) in [4.78, 5) is 26.3. The standard InChI is InChI=1S/C19H16Cl2N4O/c20-14-7-12(8-15(21)9-14)10-25-6-3-16-17(11-25)23-18(24-19(16)26)13-1-4-22-5-2-13/h1-2,4-5,7-9H,3,6,10-11H2,(H,23,24,26). The molecule has 0 bridgehead atoms. The van der Waals surface area contributed by atoms with Crippen molar-refractivity contribution in [1.29, 1.82) is 0 Å². The summed E-state index contributed by atoms with van der Waals surface area (Å²) < 4.78 is 0. The number of rotatable bonds is 3. The quantitative estimate of drug-likeness (QED) is 0.745. The van der Waals surface area contributed by atoms with E-state index in [9.17, 15) is 4.79 Å². The van der Waals surface area contributed by atoms with E-state index in [1.54, 1.807) is 18.5 Å². The number of hydrogen-bond donors (Lipinski definition) is 1. The van der Waals surface area contributed by atoms with Gasteiger partial charge in [0.1, 0.15) is 5.82 Å². The van der Waals surface area contributed by atoms with E-state index in [4.69, 9.17) is 28.2 Å². The van der Waals surface area contributed by atoms with E-state index in [2.05, 4.69) is 14.9 Å². The monoisotopic (exact) mass is 386 g/mol. The van der Waals surface area contributed by atoms with Gasteiger partial charge in [-0.1, -0.05) is 23.2 Å². The maximum Gasteiger partial charge on any atom is 0.254 e. The molecule has 0 spiro atoms. The van der Waals surface area contributed by atoms with Gasteiger partial charge in [-0.05, 0) is 42.3 Å². The van der Waals surface area contributed by atoms with E-state index in [1.165, 1.54) is 0 Å². The first-order valence-corrected chi connectivity index (χ1v) is 9.04. The van der Waals surface area contributed by atoms with Gasteiger partial charge in [0, 0.05) is 53.2 Å². The summed E-state index contributed by atoms with van der Waals surface area (Å²) in [6, 6.07) is 9.21. The van der Waals surface area contributed by atoms with Crippen LogP contribution in [0.25, 0.3) is 11.4 Å². The van der Waals surface area contributed by atoms with Crippen molar-refractivity contribution in [2.75, 3.05) is 6.54 Å². The third-order valence-corrected chi connectivity index (χ3v) is 4.87. The minimum atomic E-state index is -0.0627. The van der Waals surface area contributed by atoms with Gasteiger partial charge < -0.3 is 4.98 Å². The minimum absolute atomic E-state index is 0.0627. The van der Waals surface area contributed by atoms with E-state index in [1.807, 2.05) is 24.3 Å². The number of aromatic amines is 1. The number of nitrogens with zero attached hydrogens (tertiary/aromatic N) is 3. The first-order chi connectivity index (χ1) is 12.6. The number of halogens is 2. The molecule has 1 aromatic carbocycles. The third kappa shape index (κ3) is 3.65. The second kappa shape index (κ2) is 7.19. The molecule has 0 amide bonds. The number of pyridine rings is 1. The summed E-state index contributed by atoms with van der Waals surface area (Å²) in [5.41, 5.74) is 3.42. The van der Waals surface area contributed by atoms with E-state index in [-0.39, 0.29) is 5.56 Å². The Morgan fingerprint density at radius 3 is 2.58 bits per heavy atom. The number of fused-ring (bicyclic) bond motifs is 1. The highest BCUT2D eigenvalue weighted by molar-refractivity contribution is 6.34. The van der Waals surface area contributed by atoms with Crippen molar-refractivity contribution < 1.29 is 0 Å². The van der Waals surface area contributed by atoms with Gasteiger partial charge >= 0.3 is 0 Å². The molecule has 26 heavy (non-hydrogen) atoms. The second-order valence-corrected chi connectivity index (χ2v) is 7.19. The Labute approximate surface area is 160 Å². The normalized spacial score (nSPS) is 14.2. The molecule has 132 valence electrons. The van der Waals surface area contributed by atoms with Crippen LogP contribution in [0.15, 0.2) is 47.5 Å². The van der Waals surface area contributed by atoms with Gasteiger partial charge in [0.25, 0.3) is 5.56 Å². The zero-order valence-corrected chi connectivity index (χ0v) is 15.4.